The topological polar surface area (TPSA) is 48.3 Å². The Bertz CT molecular complexity index is 896. The predicted molar refractivity (Wildman–Crippen MR) is 93.5 cm³/mol. The third-order valence-electron chi connectivity index (χ3n) is 3.83. The van der Waals surface area contributed by atoms with Crippen molar-refractivity contribution in [1.82, 2.24) is 4.57 Å². The van der Waals surface area contributed by atoms with Crippen molar-refractivity contribution in [2.24, 2.45) is 0 Å². The van der Waals surface area contributed by atoms with E-state index < -0.39 is 0 Å². The van der Waals surface area contributed by atoms with Crippen LogP contribution in [-0.4, -0.2) is 17.5 Å². The summed E-state index contributed by atoms with van der Waals surface area (Å²) in [5.41, 5.74) is 2.41. The first-order chi connectivity index (χ1) is 11.7. The average Bonchev–Trinajstić information content (AvgIpc) is 2.64. The predicted octanol–water partition coefficient (Wildman–Crippen LogP) is 3.41. The molecule has 4 heteroatoms. The van der Waals surface area contributed by atoms with Crippen LogP contribution in [0, 0.1) is 0 Å². The molecule has 0 aliphatic heterocycles. The number of rotatable bonds is 5. The summed E-state index contributed by atoms with van der Waals surface area (Å²) in [7, 11) is 1.44. The molecule has 4 nitrogen and oxygen atoms in total. The van der Waals surface area contributed by atoms with Gasteiger partial charge in [0, 0.05) is 11.8 Å². The van der Waals surface area contributed by atoms with Crippen molar-refractivity contribution in [2.45, 2.75) is 6.54 Å². The Balaban J connectivity index is 1.80. The molecule has 0 N–H and O–H groups in total. The maximum atomic E-state index is 12.4. The molecule has 2 aromatic carbocycles. The lowest BCUT2D eigenvalue weighted by Crippen LogP contribution is -2.24. The maximum absolute atomic E-state index is 12.4. The summed E-state index contributed by atoms with van der Waals surface area (Å²) in [5, 5.41) is 0. The van der Waals surface area contributed by atoms with Gasteiger partial charge in [-0.25, -0.2) is 0 Å². The number of carbonyl (C=O) groups is 1. The highest BCUT2D eigenvalue weighted by Gasteiger charge is 2.10. The first kappa shape index (κ1) is 15.7. The van der Waals surface area contributed by atoms with E-state index >= 15 is 0 Å². The van der Waals surface area contributed by atoms with Crippen LogP contribution < -0.4 is 10.3 Å². The summed E-state index contributed by atoms with van der Waals surface area (Å²) < 4.78 is 6.35. The summed E-state index contributed by atoms with van der Waals surface area (Å²) in [6.45, 7) is -0.0132. The Hall–Kier alpha value is -3.14. The van der Waals surface area contributed by atoms with E-state index in [0.29, 0.717) is 5.56 Å². The van der Waals surface area contributed by atoms with E-state index in [1.807, 2.05) is 42.5 Å². The molecule has 0 radical (unpaired) electrons. The van der Waals surface area contributed by atoms with E-state index in [0.717, 1.165) is 11.1 Å². The molecule has 1 aromatic heterocycles. The van der Waals surface area contributed by atoms with Crippen LogP contribution >= 0.6 is 0 Å². The standard InChI is InChI=1S/C20H17NO3/c1-24-19-8-5-13-21(20(19)23)14-18(22)17-11-9-16(10-12-17)15-6-3-2-4-7-15/h2-13H,14H2,1H3. The molecule has 1 heterocycles. The normalized spacial score (nSPS) is 10.4. The number of benzene rings is 2. The molecule has 0 fully saturated rings. The van der Waals surface area contributed by atoms with Gasteiger partial charge in [0.15, 0.2) is 11.5 Å². The molecule has 3 aromatic rings. The second-order valence-corrected chi connectivity index (χ2v) is 5.38. The molecule has 0 bridgehead atoms. The second kappa shape index (κ2) is 6.96. The molecule has 120 valence electrons. The Morgan fingerprint density at radius 1 is 0.917 bits per heavy atom. The minimum atomic E-state index is -0.311. The number of Topliss-reactive ketones (excluding diaryl/α,β-unsaturated/α-hetero) is 1. The Labute approximate surface area is 140 Å². The number of aromatic nitrogens is 1. The van der Waals surface area contributed by atoms with Crippen molar-refractivity contribution in [3.8, 4) is 16.9 Å². The van der Waals surface area contributed by atoms with E-state index in [1.165, 1.54) is 11.7 Å². The van der Waals surface area contributed by atoms with Crippen LogP contribution in [0.2, 0.25) is 0 Å². The van der Waals surface area contributed by atoms with Gasteiger partial charge in [0.25, 0.3) is 5.56 Å². The minimum absolute atomic E-state index is 0.0132. The molecule has 0 saturated carbocycles. The maximum Gasteiger partial charge on any atom is 0.293 e. The molecule has 0 aliphatic rings. The van der Waals surface area contributed by atoms with Crippen molar-refractivity contribution in [3.05, 3.63) is 88.8 Å². The minimum Gasteiger partial charge on any atom is -0.491 e. The Morgan fingerprint density at radius 2 is 1.58 bits per heavy atom. The van der Waals surface area contributed by atoms with Crippen LogP contribution in [0.3, 0.4) is 0 Å². The van der Waals surface area contributed by atoms with Crippen LogP contribution in [0.25, 0.3) is 11.1 Å². The van der Waals surface area contributed by atoms with Gasteiger partial charge in [-0.1, -0.05) is 54.6 Å². The number of pyridine rings is 1. The first-order valence-corrected chi connectivity index (χ1v) is 7.61. The fraction of sp³-hybridized carbons (Fsp3) is 0.100. The van der Waals surface area contributed by atoms with Crippen LogP contribution in [0.5, 0.6) is 5.75 Å². The number of ketones is 1. The lowest BCUT2D eigenvalue weighted by Gasteiger charge is -2.08. The van der Waals surface area contributed by atoms with E-state index in [4.69, 9.17) is 4.74 Å². The number of hydrogen-bond donors (Lipinski definition) is 0. The number of ether oxygens (including phenoxy) is 1. The van der Waals surface area contributed by atoms with Crippen molar-refractivity contribution >= 4 is 5.78 Å². The van der Waals surface area contributed by atoms with Gasteiger partial charge in [0.05, 0.1) is 13.7 Å². The van der Waals surface area contributed by atoms with Gasteiger partial charge in [-0.05, 0) is 23.3 Å². The van der Waals surface area contributed by atoms with Crippen molar-refractivity contribution in [3.63, 3.8) is 0 Å². The Kier molecular flexibility index (Phi) is 4.57. The van der Waals surface area contributed by atoms with E-state index in [9.17, 15) is 9.59 Å². The monoisotopic (exact) mass is 319 g/mol. The van der Waals surface area contributed by atoms with Crippen LogP contribution in [0.1, 0.15) is 10.4 Å². The van der Waals surface area contributed by atoms with Crippen molar-refractivity contribution < 1.29 is 9.53 Å². The van der Waals surface area contributed by atoms with Gasteiger partial charge in [-0.2, -0.15) is 0 Å². The highest BCUT2D eigenvalue weighted by molar-refractivity contribution is 5.96. The first-order valence-electron chi connectivity index (χ1n) is 7.61. The lowest BCUT2D eigenvalue weighted by molar-refractivity contribution is 0.0970. The fourth-order valence-electron chi connectivity index (χ4n) is 2.52. The van der Waals surface area contributed by atoms with E-state index in [2.05, 4.69) is 0 Å². The number of hydrogen-bond acceptors (Lipinski definition) is 3. The zero-order valence-electron chi connectivity index (χ0n) is 13.3. The highest BCUT2D eigenvalue weighted by Crippen LogP contribution is 2.19. The molecular weight excluding hydrogens is 302 g/mol. The largest absolute Gasteiger partial charge is 0.491 e. The summed E-state index contributed by atoms with van der Waals surface area (Å²) in [4.78, 5) is 24.5. The van der Waals surface area contributed by atoms with Crippen LogP contribution in [0.4, 0.5) is 0 Å². The van der Waals surface area contributed by atoms with Gasteiger partial charge < -0.3 is 9.30 Å². The van der Waals surface area contributed by atoms with Gasteiger partial charge in [0.1, 0.15) is 0 Å². The lowest BCUT2D eigenvalue weighted by atomic mass is 10.0. The summed E-state index contributed by atoms with van der Waals surface area (Å²) in [6.07, 6.45) is 1.58. The third-order valence-corrected chi connectivity index (χ3v) is 3.83. The second-order valence-electron chi connectivity index (χ2n) is 5.38. The molecule has 0 atom stereocenters. The fourth-order valence-corrected chi connectivity index (χ4v) is 2.52. The van der Waals surface area contributed by atoms with Crippen molar-refractivity contribution in [2.75, 3.05) is 7.11 Å². The zero-order valence-corrected chi connectivity index (χ0v) is 13.3. The summed E-state index contributed by atoms with van der Waals surface area (Å²) in [6, 6.07) is 20.6. The third kappa shape index (κ3) is 3.27. The molecule has 0 amide bonds. The van der Waals surface area contributed by atoms with Crippen LogP contribution in [-0.2, 0) is 6.54 Å². The molecule has 3 rings (SSSR count). The smallest absolute Gasteiger partial charge is 0.293 e. The molecule has 0 spiro atoms. The number of nitrogens with zero attached hydrogens (tertiary/aromatic N) is 1. The Morgan fingerprint density at radius 3 is 2.25 bits per heavy atom. The van der Waals surface area contributed by atoms with Crippen LogP contribution in [0.15, 0.2) is 77.7 Å². The van der Waals surface area contributed by atoms with Gasteiger partial charge in [0.2, 0.25) is 0 Å². The SMILES string of the molecule is COc1cccn(CC(=O)c2ccc(-c3ccccc3)cc2)c1=O. The quantitative estimate of drug-likeness (QED) is 0.677. The summed E-state index contributed by atoms with van der Waals surface area (Å²) >= 11 is 0. The molecule has 0 unspecified atom stereocenters. The zero-order chi connectivity index (χ0) is 16.9. The molecule has 24 heavy (non-hydrogen) atoms. The van der Waals surface area contributed by atoms with Crippen molar-refractivity contribution in [1.29, 1.82) is 0 Å². The number of methoxy groups -OCH3 is 1. The molecule has 0 saturated heterocycles. The average molecular weight is 319 g/mol. The van der Waals surface area contributed by atoms with E-state index in [1.54, 1.807) is 30.5 Å². The highest BCUT2D eigenvalue weighted by atomic mass is 16.5. The summed E-state index contributed by atoms with van der Waals surface area (Å²) in [5.74, 6) is 0.106. The molecule has 0 aliphatic carbocycles. The van der Waals surface area contributed by atoms with E-state index in [-0.39, 0.29) is 23.6 Å². The molecular formula is C20H17NO3. The van der Waals surface area contributed by atoms with Gasteiger partial charge in [-0.15, -0.1) is 0 Å². The number of carbonyl (C=O) groups excluding carboxylic acids is 1. The van der Waals surface area contributed by atoms with Gasteiger partial charge in [-0.3, -0.25) is 9.59 Å². The van der Waals surface area contributed by atoms with Gasteiger partial charge >= 0.3 is 0 Å².